The molecule has 0 amide bonds. The van der Waals surface area contributed by atoms with E-state index < -0.39 is 15.8 Å². The Morgan fingerprint density at radius 3 is 2.62 bits per heavy atom. The summed E-state index contributed by atoms with van der Waals surface area (Å²) in [4.78, 5) is 22.6. The fourth-order valence-corrected chi connectivity index (χ4v) is 2.56. The zero-order chi connectivity index (χ0) is 17.7. The van der Waals surface area contributed by atoms with Gasteiger partial charge in [0.1, 0.15) is 22.5 Å². The summed E-state index contributed by atoms with van der Waals surface area (Å²) < 4.78 is 25.2. The van der Waals surface area contributed by atoms with Gasteiger partial charge in [-0.25, -0.2) is 8.42 Å². The molecule has 0 radical (unpaired) electrons. The molecular weight excluding hydrogens is 334 g/mol. The Bertz CT molecular complexity index is 888. The highest BCUT2D eigenvalue weighted by Gasteiger charge is 2.09. The van der Waals surface area contributed by atoms with E-state index in [-0.39, 0.29) is 30.8 Å². The maximum atomic E-state index is 12.1. The molecule has 128 valence electrons. The number of aliphatic carboxylic acids is 1. The molecule has 0 spiro atoms. The smallest absolute Gasteiger partial charge is 0.309 e. The molecule has 1 N–H and O–H groups in total. The maximum Gasteiger partial charge on any atom is 0.309 e. The van der Waals surface area contributed by atoms with Crippen LogP contribution in [-0.2, 0) is 27.7 Å². The van der Waals surface area contributed by atoms with Crippen LogP contribution in [0.5, 0.6) is 0 Å². The molecule has 2 rings (SSSR count). The van der Waals surface area contributed by atoms with Crippen LogP contribution in [0.1, 0.15) is 6.42 Å². The molecule has 0 aliphatic rings. The molecule has 24 heavy (non-hydrogen) atoms. The lowest BCUT2D eigenvalue weighted by atomic mass is 10.1. The van der Waals surface area contributed by atoms with Crippen molar-refractivity contribution < 1.29 is 23.0 Å². The first-order chi connectivity index (χ1) is 11.2. The van der Waals surface area contributed by atoms with Crippen molar-refractivity contribution in [2.24, 2.45) is 0 Å². The zero-order valence-corrected chi connectivity index (χ0v) is 13.9. The average molecular weight is 352 g/mol. The molecule has 0 aromatic carbocycles. The number of carboxylic acids is 1. The summed E-state index contributed by atoms with van der Waals surface area (Å²) in [6, 6.07) is 4.87. The van der Waals surface area contributed by atoms with E-state index in [1.165, 1.54) is 15.3 Å². The lowest BCUT2D eigenvalue weighted by molar-refractivity contribution is -0.752. The van der Waals surface area contributed by atoms with Crippen LogP contribution in [0.3, 0.4) is 0 Å². The summed E-state index contributed by atoms with van der Waals surface area (Å²) in [7, 11) is -3.13. The summed E-state index contributed by atoms with van der Waals surface area (Å²) >= 11 is 0. The van der Waals surface area contributed by atoms with Gasteiger partial charge >= 0.3 is 5.97 Å². The zero-order valence-electron chi connectivity index (χ0n) is 13.1. The van der Waals surface area contributed by atoms with Crippen molar-refractivity contribution in [2.75, 3.05) is 12.0 Å². The van der Waals surface area contributed by atoms with Crippen molar-refractivity contribution in [3.8, 4) is 11.1 Å². The standard InChI is InChI=1S/C15H17N3O5S/c1-24(22,23)9-8-17-5-2-12(10-14(17)19)13-3-6-18(16-11-13)7-4-15(20)21/h2-3,5-6,10-11H,4,7-9H2,1H3/p+1. The number of rotatable bonds is 7. The quantitative estimate of drug-likeness (QED) is 0.686. The topological polar surface area (TPSA) is 110 Å². The van der Waals surface area contributed by atoms with Gasteiger partial charge in [0.05, 0.1) is 5.75 Å². The predicted octanol–water partition coefficient (Wildman–Crippen LogP) is -0.283. The van der Waals surface area contributed by atoms with Gasteiger partial charge in [-0.1, -0.05) is 4.68 Å². The predicted molar refractivity (Wildman–Crippen MR) is 86.1 cm³/mol. The molecule has 2 aromatic rings. The summed E-state index contributed by atoms with van der Waals surface area (Å²) in [5.74, 6) is -0.992. The molecule has 0 fully saturated rings. The Labute approximate surface area is 138 Å². The third-order valence-electron chi connectivity index (χ3n) is 3.36. The molecule has 0 saturated heterocycles. The minimum Gasteiger partial charge on any atom is -0.481 e. The number of carboxylic acid groups (broad SMARTS) is 1. The fourth-order valence-electron chi connectivity index (χ4n) is 2.03. The number of carbonyl (C=O) groups is 1. The van der Waals surface area contributed by atoms with Gasteiger partial charge in [0.25, 0.3) is 5.56 Å². The summed E-state index contributed by atoms with van der Waals surface area (Å²) in [6.45, 7) is 0.378. The van der Waals surface area contributed by atoms with E-state index in [1.54, 1.807) is 30.7 Å². The molecule has 9 heteroatoms. The summed E-state index contributed by atoms with van der Waals surface area (Å²) in [6.07, 6.45) is 5.86. The van der Waals surface area contributed by atoms with E-state index in [2.05, 4.69) is 5.10 Å². The molecule has 0 bridgehead atoms. The number of hydrogen-bond acceptors (Lipinski definition) is 5. The number of aryl methyl sites for hydroxylation is 2. The average Bonchev–Trinajstić information content (AvgIpc) is 2.51. The third-order valence-corrected chi connectivity index (χ3v) is 4.28. The summed E-state index contributed by atoms with van der Waals surface area (Å²) in [5, 5.41) is 12.8. The lowest BCUT2D eigenvalue weighted by Crippen LogP contribution is -2.38. The molecule has 0 saturated carbocycles. The van der Waals surface area contributed by atoms with Crippen LogP contribution >= 0.6 is 0 Å². The second kappa shape index (κ2) is 7.35. The van der Waals surface area contributed by atoms with Crippen LogP contribution in [0.2, 0.25) is 0 Å². The van der Waals surface area contributed by atoms with Gasteiger partial charge in [-0.05, 0) is 16.7 Å². The number of pyridine rings is 1. The molecule has 2 heterocycles. The molecule has 0 aliphatic heterocycles. The van der Waals surface area contributed by atoms with Gasteiger partial charge in [-0.2, -0.15) is 0 Å². The molecule has 0 atom stereocenters. The van der Waals surface area contributed by atoms with E-state index in [9.17, 15) is 18.0 Å². The van der Waals surface area contributed by atoms with Crippen molar-refractivity contribution in [1.82, 2.24) is 9.67 Å². The number of sulfone groups is 1. The number of hydrogen-bond donors (Lipinski definition) is 1. The molecular formula is C15H18N3O5S+. The summed E-state index contributed by atoms with van der Waals surface area (Å²) in [5.41, 5.74) is 1.08. The monoisotopic (exact) mass is 352 g/mol. The van der Waals surface area contributed by atoms with Crippen LogP contribution in [0.15, 0.2) is 41.6 Å². The fraction of sp³-hybridized carbons (Fsp3) is 0.333. The third kappa shape index (κ3) is 5.27. The van der Waals surface area contributed by atoms with Crippen LogP contribution in [0.4, 0.5) is 0 Å². The second-order valence-corrected chi connectivity index (χ2v) is 7.66. The van der Waals surface area contributed by atoms with E-state index >= 15 is 0 Å². The first-order valence-electron chi connectivity index (χ1n) is 7.21. The Morgan fingerprint density at radius 2 is 2.08 bits per heavy atom. The van der Waals surface area contributed by atoms with Gasteiger partial charge in [-0.3, -0.25) is 9.59 Å². The van der Waals surface area contributed by atoms with E-state index in [0.29, 0.717) is 11.1 Å². The highest BCUT2D eigenvalue weighted by molar-refractivity contribution is 7.90. The van der Waals surface area contributed by atoms with Gasteiger partial charge in [0, 0.05) is 36.7 Å². The lowest BCUT2D eigenvalue weighted by Gasteiger charge is -2.06. The molecule has 8 nitrogen and oxygen atoms in total. The highest BCUT2D eigenvalue weighted by Crippen LogP contribution is 2.14. The highest BCUT2D eigenvalue weighted by atomic mass is 32.2. The van der Waals surface area contributed by atoms with Gasteiger partial charge in [-0.15, -0.1) is 0 Å². The molecule has 0 aliphatic carbocycles. The first-order valence-corrected chi connectivity index (χ1v) is 9.27. The first kappa shape index (κ1) is 17.8. The minimum atomic E-state index is -3.13. The maximum absolute atomic E-state index is 12.1. The van der Waals surface area contributed by atoms with Crippen LogP contribution in [0, 0.1) is 0 Å². The van der Waals surface area contributed by atoms with Crippen molar-refractivity contribution in [3.63, 3.8) is 0 Å². The van der Waals surface area contributed by atoms with Gasteiger partial charge in [0.15, 0.2) is 12.7 Å². The normalized spacial score (nSPS) is 11.4. The van der Waals surface area contributed by atoms with Crippen molar-refractivity contribution in [2.45, 2.75) is 19.5 Å². The van der Waals surface area contributed by atoms with Crippen LogP contribution in [-0.4, -0.2) is 41.2 Å². The number of aromatic nitrogens is 3. The van der Waals surface area contributed by atoms with Gasteiger partial charge < -0.3 is 9.67 Å². The van der Waals surface area contributed by atoms with E-state index in [0.717, 1.165) is 6.26 Å². The minimum absolute atomic E-state index is 0.0204. The largest absolute Gasteiger partial charge is 0.481 e. The van der Waals surface area contributed by atoms with Crippen LogP contribution in [0.25, 0.3) is 11.1 Å². The van der Waals surface area contributed by atoms with Crippen molar-refractivity contribution in [3.05, 3.63) is 47.1 Å². The molecule has 0 unspecified atom stereocenters. The van der Waals surface area contributed by atoms with Crippen molar-refractivity contribution >= 4 is 15.8 Å². The number of nitrogens with zero attached hydrogens (tertiary/aromatic N) is 3. The van der Waals surface area contributed by atoms with Gasteiger partial charge in [0.2, 0.25) is 0 Å². The Hall–Kier alpha value is -2.55. The van der Waals surface area contributed by atoms with E-state index in [4.69, 9.17) is 5.11 Å². The van der Waals surface area contributed by atoms with E-state index in [1.807, 2.05) is 0 Å². The Morgan fingerprint density at radius 1 is 1.33 bits per heavy atom. The second-order valence-electron chi connectivity index (χ2n) is 5.40. The Balaban J connectivity index is 2.13. The van der Waals surface area contributed by atoms with Crippen LogP contribution < -0.4 is 10.2 Å². The van der Waals surface area contributed by atoms with Crippen molar-refractivity contribution in [1.29, 1.82) is 0 Å². The Kier molecular flexibility index (Phi) is 5.45. The molecule has 2 aromatic heterocycles. The SMILES string of the molecule is CS(=O)(=O)CCn1ccc(-c2cc[n+](CCC(=O)O)nc2)cc1=O.